The van der Waals surface area contributed by atoms with Crippen molar-refractivity contribution in [3.63, 3.8) is 0 Å². The van der Waals surface area contributed by atoms with E-state index in [-0.39, 0.29) is 11.7 Å². The molecule has 5 heteroatoms. The number of aryl methyl sites for hydroxylation is 2. The Bertz CT molecular complexity index is 903. The van der Waals surface area contributed by atoms with Gasteiger partial charge >= 0.3 is 0 Å². The number of rotatable bonds is 7. The van der Waals surface area contributed by atoms with Crippen molar-refractivity contribution in [3.05, 3.63) is 77.6 Å². The van der Waals surface area contributed by atoms with Gasteiger partial charge in [0.1, 0.15) is 5.82 Å². The first kappa shape index (κ1) is 18.8. The third kappa shape index (κ3) is 5.03. The van der Waals surface area contributed by atoms with Crippen molar-refractivity contribution in [2.24, 2.45) is 0 Å². The van der Waals surface area contributed by atoms with E-state index in [4.69, 9.17) is 4.42 Å². The van der Waals surface area contributed by atoms with E-state index in [9.17, 15) is 9.18 Å². The van der Waals surface area contributed by atoms with Crippen molar-refractivity contribution in [3.8, 4) is 11.3 Å². The fourth-order valence-electron chi connectivity index (χ4n) is 2.88. The SMILES string of the molecule is CCN(Cc1cccc(F)c1)C(=O)CCc1ncc(-c2ccc(C)cc2)o1. The monoisotopic (exact) mass is 366 g/mol. The first-order valence-corrected chi connectivity index (χ1v) is 9.09. The van der Waals surface area contributed by atoms with Crippen LogP contribution < -0.4 is 0 Å². The van der Waals surface area contributed by atoms with Gasteiger partial charge in [0, 0.05) is 31.5 Å². The molecule has 140 valence electrons. The lowest BCUT2D eigenvalue weighted by Gasteiger charge is -2.20. The molecule has 0 fully saturated rings. The van der Waals surface area contributed by atoms with Gasteiger partial charge in [0.2, 0.25) is 5.91 Å². The average molecular weight is 366 g/mol. The second-order valence-electron chi connectivity index (χ2n) is 6.52. The maximum Gasteiger partial charge on any atom is 0.223 e. The molecule has 0 aliphatic carbocycles. The summed E-state index contributed by atoms with van der Waals surface area (Å²) in [5.74, 6) is 0.946. The van der Waals surface area contributed by atoms with Gasteiger partial charge in [-0.25, -0.2) is 9.37 Å². The summed E-state index contributed by atoms with van der Waals surface area (Å²) in [6.45, 7) is 4.91. The quantitative estimate of drug-likeness (QED) is 0.605. The van der Waals surface area contributed by atoms with Gasteiger partial charge in [0.15, 0.2) is 11.7 Å². The predicted molar refractivity (Wildman–Crippen MR) is 102 cm³/mol. The minimum atomic E-state index is -0.292. The summed E-state index contributed by atoms with van der Waals surface area (Å²) in [6, 6.07) is 14.3. The maximum absolute atomic E-state index is 13.3. The number of benzene rings is 2. The number of aromatic nitrogens is 1. The Kier molecular flexibility index (Phi) is 6.01. The molecule has 0 radical (unpaired) electrons. The van der Waals surface area contributed by atoms with Gasteiger partial charge in [0.05, 0.1) is 6.20 Å². The van der Waals surface area contributed by atoms with Gasteiger partial charge in [0.25, 0.3) is 0 Å². The second kappa shape index (κ2) is 8.62. The molecule has 1 aromatic heterocycles. The summed E-state index contributed by atoms with van der Waals surface area (Å²) < 4.78 is 19.1. The largest absolute Gasteiger partial charge is 0.441 e. The number of carbonyl (C=O) groups excluding carboxylic acids is 1. The van der Waals surface area contributed by atoms with Gasteiger partial charge in [-0.15, -0.1) is 0 Å². The molecule has 1 amide bonds. The fourth-order valence-corrected chi connectivity index (χ4v) is 2.88. The Hall–Kier alpha value is -2.95. The lowest BCUT2D eigenvalue weighted by Crippen LogP contribution is -2.30. The third-order valence-corrected chi connectivity index (χ3v) is 4.44. The van der Waals surface area contributed by atoms with Crippen LogP contribution >= 0.6 is 0 Å². The van der Waals surface area contributed by atoms with E-state index in [1.807, 2.05) is 44.2 Å². The zero-order chi connectivity index (χ0) is 19.2. The predicted octanol–water partition coefficient (Wildman–Crippen LogP) is 4.77. The Morgan fingerprint density at radius 1 is 1.19 bits per heavy atom. The van der Waals surface area contributed by atoms with Gasteiger partial charge in [-0.3, -0.25) is 4.79 Å². The molecular weight excluding hydrogens is 343 g/mol. The molecule has 0 saturated heterocycles. The number of hydrogen-bond acceptors (Lipinski definition) is 3. The van der Waals surface area contributed by atoms with Crippen LogP contribution in [-0.4, -0.2) is 22.3 Å². The van der Waals surface area contributed by atoms with Crippen molar-refractivity contribution in [1.29, 1.82) is 0 Å². The lowest BCUT2D eigenvalue weighted by atomic mass is 10.1. The Labute approximate surface area is 158 Å². The summed E-state index contributed by atoms with van der Waals surface area (Å²) >= 11 is 0. The summed E-state index contributed by atoms with van der Waals surface area (Å²) in [5, 5.41) is 0. The highest BCUT2D eigenvalue weighted by molar-refractivity contribution is 5.76. The standard InChI is InChI=1S/C22H23FN2O2/c1-3-25(15-17-5-4-6-19(23)13-17)22(26)12-11-21-24-14-20(27-21)18-9-7-16(2)8-10-18/h4-10,13-14H,3,11-12,15H2,1-2H3. The summed E-state index contributed by atoms with van der Waals surface area (Å²) in [6.07, 6.45) is 2.43. The third-order valence-electron chi connectivity index (χ3n) is 4.44. The van der Waals surface area contributed by atoms with E-state index in [2.05, 4.69) is 4.98 Å². The summed E-state index contributed by atoms with van der Waals surface area (Å²) in [5.41, 5.74) is 2.93. The van der Waals surface area contributed by atoms with E-state index >= 15 is 0 Å². The molecule has 2 aromatic carbocycles. The topological polar surface area (TPSA) is 46.3 Å². The van der Waals surface area contributed by atoms with Crippen LogP contribution in [0.25, 0.3) is 11.3 Å². The first-order chi connectivity index (χ1) is 13.0. The minimum Gasteiger partial charge on any atom is -0.441 e. The molecule has 0 unspecified atom stereocenters. The molecule has 0 spiro atoms. The van der Waals surface area contributed by atoms with E-state index in [1.54, 1.807) is 17.2 Å². The smallest absolute Gasteiger partial charge is 0.223 e. The molecular formula is C22H23FN2O2. The molecule has 0 saturated carbocycles. The van der Waals surface area contributed by atoms with Crippen LogP contribution in [-0.2, 0) is 17.8 Å². The van der Waals surface area contributed by atoms with Gasteiger partial charge < -0.3 is 9.32 Å². The van der Waals surface area contributed by atoms with Crippen LogP contribution in [0.4, 0.5) is 4.39 Å². The molecule has 3 aromatic rings. The number of halogens is 1. The highest BCUT2D eigenvalue weighted by Crippen LogP contribution is 2.21. The van der Waals surface area contributed by atoms with Crippen LogP contribution in [0.3, 0.4) is 0 Å². The van der Waals surface area contributed by atoms with Crippen molar-refractivity contribution in [1.82, 2.24) is 9.88 Å². The molecule has 1 heterocycles. The van der Waals surface area contributed by atoms with Crippen molar-refractivity contribution in [2.75, 3.05) is 6.54 Å². The maximum atomic E-state index is 13.3. The zero-order valence-electron chi connectivity index (χ0n) is 15.6. The summed E-state index contributed by atoms with van der Waals surface area (Å²) in [4.78, 5) is 18.5. The Balaban J connectivity index is 1.58. The lowest BCUT2D eigenvalue weighted by molar-refractivity contribution is -0.131. The van der Waals surface area contributed by atoms with Crippen LogP contribution in [0.15, 0.2) is 59.1 Å². The van der Waals surface area contributed by atoms with E-state index in [0.29, 0.717) is 37.6 Å². The van der Waals surface area contributed by atoms with Crippen LogP contribution in [0.5, 0.6) is 0 Å². The first-order valence-electron chi connectivity index (χ1n) is 9.09. The van der Waals surface area contributed by atoms with Crippen molar-refractivity contribution < 1.29 is 13.6 Å². The Morgan fingerprint density at radius 3 is 2.67 bits per heavy atom. The highest BCUT2D eigenvalue weighted by Gasteiger charge is 2.14. The van der Waals surface area contributed by atoms with Gasteiger partial charge in [-0.2, -0.15) is 0 Å². The van der Waals surface area contributed by atoms with E-state index < -0.39 is 0 Å². The molecule has 4 nitrogen and oxygen atoms in total. The second-order valence-corrected chi connectivity index (χ2v) is 6.52. The molecule has 0 aliphatic rings. The number of amides is 1. The molecule has 3 rings (SSSR count). The van der Waals surface area contributed by atoms with Crippen molar-refractivity contribution >= 4 is 5.91 Å². The molecule has 0 aliphatic heterocycles. The number of hydrogen-bond donors (Lipinski definition) is 0. The number of nitrogens with zero attached hydrogens (tertiary/aromatic N) is 2. The van der Waals surface area contributed by atoms with Crippen LogP contribution in [0.1, 0.15) is 30.4 Å². The van der Waals surface area contributed by atoms with Gasteiger partial charge in [-0.05, 0) is 31.5 Å². The number of carbonyl (C=O) groups is 1. The highest BCUT2D eigenvalue weighted by atomic mass is 19.1. The van der Waals surface area contributed by atoms with Crippen LogP contribution in [0, 0.1) is 12.7 Å². The summed E-state index contributed by atoms with van der Waals surface area (Å²) in [7, 11) is 0. The van der Waals surface area contributed by atoms with Crippen molar-refractivity contribution in [2.45, 2.75) is 33.2 Å². The normalized spacial score (nSPS) is 10.8. The molecule has 0 N–H and O–H groups in total. The van der Waals surface area contributed by atoms with E-state index in [1.165, 1.54) is 17.7 Å². The van der Waals surface area contributed by atoms with E-state index in [0.717, 1.165) is 11.1 Å². The van der Waals surface area contributed by atoms with Gasteiger partial charge in [-0.1, -0.05) is 42.0 Å². The number of oxazole rings is 1. The van der Waals surface area contributed by atoms with Crippen LogP contribution in [0.2, 0.25) is 0 Å². The molecule has 0 bridgehead atoms. The Morgan fingerprint density at radius 2 is 1.96 bits per heavy atom. The molecule has 27 heavy (non-hydrogen) atoms. The zero-order valence-corrected chi connectivity index (χ0v) is 15.6. The fraction of sp³-hybridized carbons (Fsp3) is 0.273. The minimum absolute atomic E-state index is 0.00292. The molecule has 0 atom stereocenters. The average Bonchev–Trinajstić information content (AvgIpc) is 3.14.